The van der Waals surface area contributed by atoms with E-state index in [-0.39, 0.29) is 0 Å². The van der Waals surface area contributed by atoms with Crippen LogP contribution in [0.4, 0.5) is 5.82 Å². The Balaban J connectivity index is 1.70. The van der Waals surface area contributed by atoms with Crippen LogP contribution in [0, 0.1) is 5.92 Å². The summed E-state index contributed by atoms with van der Waals surface area (Å²) in [5.41, 5.74) is 1.23. The highest BCUT2D eigenvalue weighted by molar-refractivity contribution is 5.42. The molecule has 0 aromatic carbocycles. The highest BCUT2D eigenvalue weighted by Gasteiger charge is 2.20. The van der Waals surface area contributed by atoms with Crippen molar-refractivity contribution in [2.45, 2.75) is 19.4 Å². The van der Waals surface area contributed by atoms with Gasteiger partial charge in [0.1, 0.15) is 5.82 Å². The second-order valence-electron chi connectivity index (χ2n) is 5.02. The summed E-state index contributed by atoms with van der Waals surface area (Å²) in [6.07, 6.45) is 4.53. The Morgan fingerprint density at radius 3 is 3.06 bits per heavy atom. The van der Waals surface area contributed by atoms with Gasteiger partial charge in [0.05, 0.1) is 6.61 Å². The number of pyridine rings is 1. The van der Waals surface area contributed by atoms with E-state index < -0.39 is 0 Å². The van der Waals surface area contributed by atoms with Crippen LogP contribution in [0.1, 0.15) is 18.4 Å². The molecule has 0 spiro atoms. The van der Waals surface area contributed by atoms with E-state index >= 15 is 0 Å². The molecule has 4 nitrogen and oxygen atoms in total. The second-order valence-corrected chi connectivity index (χ2v) is 5.02. The van der Waals surface area contributed by atoms with Crippen molar-refractivity contribution >= 4 is 5.82 Å². The van der Waals surface area contributed by atoms with Crippen molar-refractivity contribution in [1.82, 2.24) is 9.88 Å². The number of nitrogens with zero attached hydrogens (tertiary/aromatic N) is 2. The largest absolute Gasteiger partial charge is 0.380 e. The third-order valence-corrected chi connectivity index (χ3v) is 3.24. The number of nitrogens with one attached hydrogen (secondary N) is 1. The lowest BCUT2D eigenvalue weighted by atomic mass is 10.2. The average Bonchev–Trinajstić information content (AvgIpc) is 3.19. The SMILES string of the molecule is CNc1ncccc1CN(C)CCOCC1CC1. The fraction of sp³-hybridized carbons (Fsp3) is 0.643. The number of rotatable bonds is 8. The van der Waals surface area contributed by atoms with E-state index in [2.05, 4.69) is 28.3 Å². The molecule has 1 saturated carbocycles. The minimum absolute atomic E-state index is 0.822. The fourth-order valence-corrected chi connectivity index (χ4v) is 1.92. The topological polar surface area (TPSA) is 37.4 Å². The Bertz CT molecular complexity index is 366. The number of anilines is 1. The predicted molar refractivity (Wildman–Crippen MR) is 73.7 cm³/mol. The summed E-state index contributed by atoms with van der Waals surface area (Å²) in [5, 5.41) is 3.12. The van der Waals surface area contributed by atoms with Gasteiger partial charge in [0, 0.05) is 38.5 Å². The molecular weight excluding hydrogens is 226 g/mol. The molecule has 1 N–H and O–H groups in total. The Morgan fingerprint density at radius 2 is 2.33 bits per heavy atom. The van der Waals surface area contributed by atoms with Gasteiger partial charge < -0.3 is 10.1 Å². The molecule has 1 aromatic rings. The van der Waals surface area contributed by atoms with Crippen LogP contribution in [0.3, 0.4) is 0 Å². The second kappa shape index (κ2) is 6.71. The third-order valence-electron chi connectivity index (χ3n) is 3.24. The monoisotopic (exact) mass is 249 g/mol. The summed E-state index contributed by atoms with van der Waals surface area (Å²) >= 11 is 0. The zero-order valence-electron chi connectivity index (χ0n) is 11.4. The molecule has 100 valence electrons. The zero-order chi connectivity index (χ0) is 12.8. The molecule has 0 amide bonds. The molecule has 1 heterocycles. The van der Waals surface area contributed by atoms with Crippen LogP contribution in [-0.2, 0) is 11.3 Å². The number of hydrogen-bond donors (Lipinski definition) is 1. The van der Waals surface area contributed by atoms with Crippen molar-refractivity contribution in [3.63, 3.8) is 0 Å². The molecule has 0 aliphatic heterocycles. The first-order valence-electron chi connectivity index (χ1n) is 6.67. The first-order chi connectivity index (χ1) is 8.79. The van der Waals surface area contributed by atoms with E-state index in [1.165, 1.54) is 18.4 Å². The fourth-order valence-electron chi connectivity index (χ4n) is 1.92. The number of ether oxygens (including phenoxy) is 1. The van der Waals surface area contributed by atoms with E-state index in [4.69, 9.17) is 4.74 Å². The van der Waals surface area contributed by atoms with Crippen molar-refractivity contribution in [3.05, 3.63) is 23.9 Å². The van der Waals surface area contributed by atoms with Gasteiger partial charge in [-0.1, -0.05) is 6.07 Å². The van der Waals surface area contributed by atoms with Gasteiger partial charge in [-0.25, -0.2) is 4.98 Å². The maximum absolute atomic E-state index is 5.65. The summed E-state index contributed by atoms with van der Waals surface area (Å²) < 4.78 is 5.65. The highest BCUT2D eigenvalue weighted by atomic mass is 16.5. The van der Waals surface area contributed by atoms with Gasteiger partial charge in [-0.3, -0.25) is 4.90 Å². The summed E-state index contributed by atoms with van der Waals surface area (Å²) in [5.74, 6) is 1.81. The number of hydrogen-bond acceptors (Lipinski definition) is 4. The maximum atomic E-state index is 5.65. The Hall–Kier alpha value is -1.13. The van der Waals surface area contributed by atoms with Gasteiger partial charge in [0.2, 0.25) is 0 Å². The summed E-state index contributed by atoms with van der Waals surface area (Å²) in [7, 11) is 4.03. The summed E-state index contributed by atoms with van der Waals surface area (Å²) in [6.45, 7) is 3.63. The molecular formula is C14H23N3O. The molecule has 0 saturated heterocycles. The first kappa shape index (κ1) is 13.3. The minimum atomic E-state index is 0.822. The van der Waals surface area contributed by atoms with Gasteiger partial charge in [-0.15, -0.1) is 0 Å². The van der Waals surface area contributed by atoms with Crippen LogP contribution in [0.25, 0.3) is 0 Å². The average molecular weight is 249 g/mol. The molecule has 4 heteroatoms. The normalized spacial score (nSPS) is 15.1. The van der Waals surface area contributed by atoms with Crippen molar-refractivity contribution in [3.8, 4) is 0 Å². The van der Waals surface area contributed by atoms with Crippen LogP contribution >= 0.6 is 0 Å². The zero-order valence-corrected chi connectivity index (χ0v) is 11.4. The lowest BCUT2D eigenvalue weighted by Gasteiger charge is -2.18. The molecule has 0 radical (unpaired) electrons. The maximum Gasteiger partial charge on any atom is 0.130 e. The Morgan fingerprint density at radius 1 is 1.50 bits per heavy atom. The van der Waals surface area contributed by atoms with Gasteiger partial charge >= 0.3 is 0 Å². The standard InChI is InChI=1S/C14H23N3O/c1-15-14-13(4-3-7-16-14)10-17(2)8-9-18-11-12-5-6-12/h3-4,7,12H,5-6,8-11H2,1-2H3,(H,15,16). The molecule has 1 aromatic heterocycles. The summed E-state index contributed by atoms with van der Waals surface area (Å²) in [4.78, 5) is 6.58. The number of likely N-dealkylation sites (N-methyl/N-ethyl adjacent to an activating group) is 1. The summed E-state index contributed by atoms with van der Waals surface area (Å²) in [6, 6.07) is 4.09. The van der Waals surface area contributed by atoms with Crippen LogP contribution in [-0.4, -0.2) is 43.7 Å². The third kappa shape index (κ3) is 4.27. The van der Waals surface area contributed by atoms with Crippen molar-refractivity contribution in [1.29, 1.82) is 0 Å². The molecule has 0 bridgehead atoms. The lowest BCUT2D eigenvalue weighted by Crippen LogP contribution is -2.23. The van der Waals surface area contributed by atoms with E-state index in [0.717, 1.165) is 38.0 Å². The van der Waals surface area contributed by atoms with Crippen molar-refractivity contribution in [2.24, 2.45) is 5.92 Å². The van der Waals surface area contributed by atoms with Gasteiger partial charge in [-0.05, 0) is 31.9 Å². The predicted octanol–water partition coefficient (Wildman–Crippen LogP) is 1.98. The quantitative estimate of drug-likeness (QED) is 0.715. The first-order valence-corrected chi connectivity index (χ1v) is 6.67. The molecule has 0 unspecified atom stereocenters. The van der Waals surface area contributed by atoms with E-state index in [1.54, 1.807) is 0 Å². The smallest absolute Gasteiger partial charge is 0.130 e. The van der Waals surface area contributed by atoms with Gasteiger partial charge in [0.15, 0.2) is 0 Å². The lowest BCUT2D eigenvalue weighted by molar-refractivity contribution is 0.102. The van der Waals surface area contributed by atoms with Gasteiger partial charge in [-0.2, -0.15) is 0 Å². The molecule has 1 aliphatic rings. The highest BCUT2D eigenvalue weighted by Crippen LogP contribution is 2.28. The van der Waals surface area contributed by atoms with E-state index in [9.17, 15) is 0 Å². The Labute approximate surface area is 109 Å². The number of aromatic nitrogens is 1. The molecule has 0 atom stereocenters. The minimum Gasteiger partial charge on any atom is -0.380 e. The van der Waals surface area contributed by atoms with E-state index in [1.807, 2.05) is 19.3 Å². The van der Waals surface area contributed by atoms with E-state index in [0.29, 0.717) is 0 Å². The van der Waals surface area contributed by atoms with Crippen LogP contribution in [0.5, 0.6) is 0 Å². The molecule has 18 heavy (non-hydrogen) atoms. The molecule has 1 fully saturated rings. The molecule has 2 rings (SSSR count). The van der Waals surface area contributed by atoms with Crippen LogP contribution in [0.15, 0.2) is 18.3 Å². The van der Waals surface area contributed by atoms with Crippen LogP contribution < -0.4 is 5.32 Å². The molecule has 1 aliphatic carbocycles. The van der Waals surface area contributed by atoms with Gasteiger partial charge in [0.25, 0.3) is 0 Å². The van der Waals surface area contributed by atoms with Crippen LogP contribution in [0.2, 0.25) is 0 Å². The van der Waals surface area contributed by atoms with Crippen molar-refractivity contribution in [2.75, 3.05) is 39.2 Å². The Kier molecular flexibility index (Phi) is 4.96. The van der Waals surface area contributed by atoms with Crippen molar-refractivity contribution < 1.29 is 4.74 Å².